The van der Waals surface area contributed by atoms with Crippen LogP contribution in [0.15, 0.2) is 0 Å². The van der Waals surface area contributed by atoms with Gasteiger partial charge in [0.05, 0.1) is 30.5 Å². The van der Waals surface area contributed by atoms with Crippen molar-refractivity contribution in [1.29, 1.82) is 0 Å². The summed E-state index contributed by atoms with van der Waals surface area (Å²) in [6, 6.07) is 0. The molecule has 2 heterocycles. The van der Waals surface area contributed by atoms with Gasteiger partial charge in [0.15, 0.2) is 5.79 Å². The van der Waals surface area contributed by atoms with Gasteiger partial charge in [0.2, 0.25) is 0 Å². The molecule has 0 aromatic heterocycles. The molecule has 2 aliphatic heterocycles. The van der Waals surface area contributed by atoms with Gasteiger partial charge in [0.1, 0.15) is 0 Å². The molecule has 13 atom stereocenters. The van der Waals surface area contributed by atoms with Crippen molar-refractivity contribution in [3.8, 4) is 0 Å². The Labute approximate surface area is 193 Å². The Morgan fingerprint density at radius 3 is 2.41 bits per heavy atom. The lowest BCUT2D eigenvalue weighted by atomic mass is 9.43. The first-order valence-electron chi connectivity index (χ1n) is 13.4. The molecule has 1 spiro atoms. The van der Waals surface area contributed by atoms with Crippen molar-refractivity contribution in [3.63, 3.8) is 0 Å². The molecule has 4 aliphatic carbocycles. The predicted molar refractivity (Wildman–Crippen MR) is 121 cm³/mol. The van der Waals surface area contributed by atoms with Crippen LogP contribution < -0.4 is 0 Å². The van der Waals surface area contributed by atoms with Crippen LogP contribution >= 0.6 is 0 Å². The summed E-state index contributed by atoms with van der Waals surface area (Å²) in [5, 5.41) is 31.3. The number of hydrogen-bond acceptors (Lipinski definition) is 5. The lowest BCUT2D eigenvalue weighted by molar-refractivity contribution is -0.263. The zero-order valence-corrected chi connectivity index (χ0v) is 20.4. The number of aliphatic hydroxyl groups is 3. The van der Waals surface area contributed by atoms with Gasteiger partial charge in [-0.3, -0.25) is 0 Å². The van der Waals surface area contributed by atoms with E-state index in [1.54, 1.807) is 0 Å². The lowest BCUT2D eigenvalue weighted by Crippen LogP contribution is -2.59. The molecule has 4 saturated carbocycles. The predicted octanol–water partition coefficient (Wildman–Crippen LogP) is 3.88. The summed E-state index contributed by atoms with van der Waals surface area (Å²) < 4.78 is 13.3. The summed E-state index contributed by atoms with van der Waals surface area (Å²) in [7, 11) is 0. The highest BCUT2D eigenvalue weighted by atomic mass is 16.7. The van der Waals surface area contributed by atoms with Crippen LogP contribution in [0.2, 0.25) is 0 Å². The van der Waals surface area contributed by atoms with Crippen LogP contribution in [0.1, 0.15) is 85.5 Å². The second-order valence-corrected chi connectivity index (χ2v) is 13.4. The monoisotopic (exact) mass is 448 g/mol. The standard InChI is InChI=1S/C27H44O5/c1-15-23-21(31-27(15)10-9-24(2,14-28)32-27)13-20-18-6-5-16-11-17(29)12-22(30)26(16,4)19(18)7-8-25(20,23)3/h15-23,28-30H,5-14H2,1-4H3/t15-,16-,17-,18+,19-,20-,21-,22+,23-,24-,25-,26-,27-/m0/s1. The third-order valence-corrected chi connectivity index (χ3v) is 12.2. The molecule has 2 saturated heterocycles. The van der Waals surface area contributed by atoms with Crippen molar-refractivity contribution in [2.45, 2.75) is 115 Å². The molecular weight excluding hydrogens is 404 g/mol. The Morgan fingerprint density at radius 2 is 1.69 bits per heavy atom. The summed E-state index contributed by atoms with van der Waals surface area (Å²) in [5.41, 5.74) is -0.259. The van der Waals surface area contributed by atoms with Gasteiger partial charge >= 0.3 is 0 Å². The van der Waals surface area contributed by atoms with E-state index in [0.717, 1.165) is 32.1 Å². The third-order valence-electron chi connectivity index (χ3n) is 12.2. The molecule has 6 fully saturated rings. The van der Waals surface area contributed by atoms with Gasteiger partial charge in [-0.25, -0.2) is 0 Å². The minimum absolute atomic E-state index is 0.0492. The number of ether oxygens (including phenoxy) is 2. The van der Waals surface area contributed by atoms with Gasteiger partial charge in [-0.2, -0.15) is 0 Å². The van der Waals surface area contributed by atoms with Crippen LogP contribution in [-0.2, 0) is 9.47 Å². The molecule has 0 amide bonds. The van der Waals surface area contributed by atoms with Gasteiger partial charge < -0.3 is 24.8 Å². The first-order chi connectivity index (χ1) is 15.1. The largest absolute Gasteiger partial charge is 0.393 e. The van der Waals surface area contributed by atoms with E-state index in [0.29, 0.717) is 41.9 Å². The highest BCUT2D eigenvalue weighted by molar-refractivity contribution is 5.17. The average Bonchev–Trinajstić information content (AvgIpc) is 3.33. The second-order valence-electron chi connectivity index (χ2n) is 13.4. The SMILES string of the molecule is C[C@H]1[C@H]2[C@H](C[C@H]3[C@@H]4CC[C@H]5C[C@H](O)C[C@@H](O)[C@]5(C)[C@H]4CC[C@]23C)O[C@]12CC[C@@](C)(CO)O2. The Bertz CT molecular complexity index is 773. The van der Waals surface area contributed by atoms with Crippen LogP contribution in [0.5, 0.6) is 0 Å². The first-order valence-corrected chi connectivity index (χ1v) is 13.4. The van der Waals surface area contributed by atoms with Gasteiger partial charge in [0.25, 0.3) is 0 Å². The van der Waals surface area contributed by atoms with Crippen molar-refractivity contribution in [2.75, 3.05) is 6.61 Å². The maximum Gasteiger partial charge on any atom is 0.172 e. The van der Waals surface area contributed by atoms with E-state index in [4.69, 9.17) is 9.47 Å². The number of rotatable bonds is 1. The van der Waals surface area contributed by atoms with Crippen LogP contribution in [0, 0.1) is 46.3 Å². The van der Waals surface area contributed by atoms with Gasteiger partial charge in [-0.15, -0.1) is 0 Å². The van der Waals surface area contributed by atoms with E-state index in [1.807, 2.05) is 6.92 Å². The Balaban J connectivity index is 1.27. The van der Waals surface area contributed by atoms with E-state index >= 15 is 0 Å². The zero-order chi connectivity index (χ0) is 22.7. The Morgan fingerprint density at radius 1 is 0.906 bits per heavy atom. The van der Waals surface area contributed by atoms with E-state index in [9.17, 15) is 15.3 Å². The highest BCUT2D eigenvalue weighted by Crippen LogP contribution is 2.71. The smallest absolute Gasteiger partial charge is 0.172 e. The fourth-order valence-electron chi connectivity index (χ4n) is 10.4. The third kappa shape index (κ3) is 2.69. The Hall–Kier alpha value is -0.200. The molecule has 5 nitrogen and oxygen atoms in total. The zero-order valence-electron chi connectivity index (χ0n) is 20.4. The maximum absolute atomic E-state index is 11.2. The normalized spacial score (nSPS) is 63.7. The van der Waals surface area contributed by atoms with Crippen molar-refractivity contribution < 1.29 is 24.8 Å². The quantitative estimate of drug-likeness (QED) is 0.567. The summed E-state index contributed by atoms with van der Waals surface area (Å²) >= 11 is 0. The summed E-state index contributed by atoms with van der Waals surface area (Å²) in [6.07, 6.45) is 8.61. The number of fused-ring (bicyclic) bond motifs is 7. The van der Waals surface area contributed by atoms with Crippen molar-refractivity contribution in [3.05, 3.63) is 0 Å². The van der Waals surface area contributed by atoms with Crippen LogP contribution in [-0.4, -0.2) is 51.6 Å². The van der Waals surface area contributed by atoms with E-state index in [2.05, 4.69) is 20.8 Å². The molecule has 32 heavy (non-hydrogen) atoms. The molecule has 6 rings (SSSR count). The van der Waals surface area contributed by atoms with E-state index < -0.39 is 11.4 Å². The molecule has 0 unspecified atom stereocenters. The maximum atomic E-state index is 11.2. The highest BCUT2D eigenvalue weighted by Gasteiger charge is 2.71. The minimum atomic E-state index is -0.517. The molecular formula is C27H44O5. The molecule has 0 aromatic rings. The van der Waals surface area contributed by atoms with Crippen LogP contribution in [0.4, 0.5) is 0 Å². The molecule has 0 bridgehead atoms. The Kier molecular flexibility index (Phi) is 4.83. The number of aliphatic hydroxyl groups excluding tert-OH is 3. The average molecular weight is 449 g/mol. The van der Waals surface area contributed by atoms with E-state index in [1.165, 1.54) is 19.3 Å². The van der Waals surface area contributed by atoms with Gasteiger partial charge in [0, 0.05) is 12.3 Å². The molecule has 182 valence electrons. The number of hydrogen-bond donors (Lipinski definition) is 3. The fraction of sp³-hybridized carbons (Fsp3) is 1.00. The molecule has 3 N–H and O–H groups in total. The molecule has 0 aromatic carbocycles. The summed E-state index contributed by atoms with van der Waals surface area (Å²) in [4.78, 5) is 0. The van der Waals surface area contributed by atoms with Crippen molar-refractivity contribution in [1.82, 2.24) is 0 Å². The van der Waals surface area contributed by atoms with Gasteiger partial charge in [-0.05, 0) is 98.7 Å². The summed E-state index contributed by atoms with van der Waals surface area (Å²) in [5.74, 6) is 2.66. The van der Waals surface area contributed by atoms with Crippen molar-refractivity contribution >= 4 is 0 Å². The first kappa shape index (κ1) is 22.3. The van der Waals surface area contributed by atoms with Crippen LogP contribution in [0.25, 0.3) is 0 Å². The summed E-state index contributed by atoms with van der Waals surface area (Å²) in [6.45, 7) is 9.30. The molecule has 6 aliphatic rings. The minimum Gasteiger partial charge on any atom is -0.393 e. The molecule has 0 radical (unpaired) electrons. The molecule has 5 heteroatoms. The topological polar surface area (TPSA) is 79.2 Å². The lowest BCUT2D eigenvalue weighted by Gasteiger charge is -2.62. The fourth-order valence-corrected chi connectivity index (χ4v) is 10.4. The second kappa shape index (κ2) is 6.94. The van der Waals surface area contributed by atoms with E-state index in [-0.39, 0.29) is 35.7 Å². The van der Waals surface area contributed by atoms with Gasteiger partial charge in [-0.1, -0.05) is 20.8 Å². The van der Waals surface area contributed by atoms with Crippen LogP contribution in [0.3, 0.4) is 0 Å². The van der Waals surface area contributed by atoms with Crippen molar-refractivity contribution in [2.24, 2.45) is 46.3 Å².